The van der Waals surface area contributed by atoms with Crippen LogP contribution in [0.5, 0.6) is 0 Å². The molecule has 5 heteroatoms. The molecule has 0 radical (unpaired) electrons. The summed E-state index contributed by atoms with van der Waals surface area (Å²) in [7, 11) is 0. The van der Waals surface area contributed by atoms with Crippen molar-refractivity contribution in [2.75, 3.05) is 0 Å². The van der Waals surface area contributed by atoms with Gasteiger partial charge in [-0.2, -0.15) is 0 Å². The number of urea groups is 1. The van der Waals surface area contributed by atoms with Gasteiger partial charge in [-0.05, 0) is 0 Å². The molecule has 2 amide bonds. The maximum absolute atomic E-state index is 9.00. The predicted octanol–water partition coefficient (Wildman–Crippen LogP) is -1.10. The maximum atomic E-state index is 9.00. The molecule has 0 unspecified atom stereocenters. The quantitative estimate of drug-likeness (QED) is 0.538. The molecular formula is CH4CeN2O2. The number of amides is 2. The van der Waals surface area contributed by atoms with E-state index in [1.165, 1.54) is 0 Å². The van der Waals surface area contributed by atoms with E-state index in [-0.39, 0.29) is 39.8 Å². The van der Waals surface area contributed by atoms with Gasteiger partial charge in [0.1, 0.15) is 0 Å². The van der Waals surface area contributed by atoms with Crippen LogP contribution in [0, 0.1) is 39.8 Å². The number of carbonyl (C=O) groups excluding carboxylic acids is 1. The molecule has 0 aliphatic rings. The Kier molecular flexibility index (Phi) is 14.6. The summed E-state index contributed by atoms with van der Waals surface area (Å²) in [6.07, 6.45) is 0. The minimum atomic E-state index is -0.833. The Morgan fingerprint density at radius 2 is 1.33 bits per heavy atom. The average Bonchev–Trinajstić information content (AvgIpc) is 1.41. The van der Waals surface area contributed by atoms with Crippen LogP contribution in [0.2, 0.25) is 0 Å². The van der Waals surface area contributed by atoms with E-state index in [0.717, 1.165) is 0 Å². The number of rotatable bonds is 0. The van der Waals surface area contributed by atoms with Crippen molar-refractivity contribution < 1.29 is 45.5 Å². The summed E-state index contributed by atoms with van der Waals surface area (Å²) in [5.74, 6) is 0. The van der Waals surface area contributed by atoms with Gasteiger partial charge in [0.25, 0.3) is 0 Å². The molecule has 0 aromatic heterocycles. The zero-order valence-corrected chi connectivity index (χ0v) is 6.11. The molecule has 6 heavy (non-hydrogen) atoms. The van der Waals surface area contributed by atoms with Gasteiger partial charge >= 0.3 is 46.7 Å². The minimum absolute atomic E-state index is 0.0556. The summed E-state index contributed by atoms with van der Waals surface area (Å²) in [6.45, 7) is 0. The van der Waals surface area contributed by atoms with Gasteiger partial charge in [0.05, 0.1) is 0 Å². The molecule has 0 aromatic carbocycles. The average molecular weight is 216 g/mol. The predicted molar refractivity (Wildman–Crippen MR) is 14.5 cm³/mol. The molecule has 0 atom stereocenters. The van der Waals surface area contributed by atoms with Gasteiger partial charge in [-0.1, -0.05) is 0 Å². The van der Waals surface area contributed by atoms with Crippen molar-refractivity contribution in [1.29, 1.82) is 0 Å². The van der Waals surface area contributed by atoms with Crippen LogP contribution in [0.15, 0.2) is 0 Å². The summed E-state index contributed by atoms with van der Waals surface area (Å²) < 4.78 is 8.39. The molecular weight excluding hydrogens is 212 g/mol. The van der Waals surface area contributed by atoms with Crippen molar-refractivity contribution in [1.82, 2.24) is 0 Å². The van der Waals surface area contributed by atoms with E-state index in [9.17, 15) is 0 Å². The van der Waals surface area contributed by atoms with E-state index < -0.39 is 6.03 Å². The number of hydrogen-bond acceptors (Lipinski definition) is 2. The van der Waals surface area contributed by atoms with Gasteiger partial charge in [-0.15, -0.1) is 0 Å². The zero-order valence-electron chi connectivity index (χ0n) is 2.97. The second-order valence-electron chi connectivity index (χ2n) is 0.402. The van der Waals surface area contributed by atoms with Crippen LogP contribution < -0.4 is 11.5 Å². The molecule has 0 heterocycles. The van der Waals surface area contributed by atoms with Gasteiger partial charge in [0, 0.05) is 0 Å². The first-order valence-electron chi connectivity index (χ1n) is 0.986. The molecule has 0 aromatic rings. The molecule has 0 aliphatic heterocycles. The van der Waals surface area contributed by atoms with E-state index in [2.05, 4.69) is 11.5 Å². The molecule has 0 saturated heterocycles. The molecule has 0 rings (SSSR count). The van der Waals surface area contributed by atoms with Gasteiger partial charge < -0.3 is 11.5 Å². The van der Waals surface area contributed by atoms with Crippen LogP contribution in [-0.2, 0) is 0.938 Å². The van der Waals surface area contributed by atoms with Gasteiger partial charge in [-0.25, -0.2) is 4.79 Å². The molecule has 4 nitrogen and oxygen atoms in total. The summed E-state index contributed by atoms with van der Waals surface area (Å²) in [6, 6.07) is -0.833. The third-order valence-corrected chi connectivity index (χ3v) is 0. The van der Waals surface area contributed by atoms with Crippen LogP contribution in [0.1, 0.15) is 0 Å². The third-order valence-electron chi connectivity index (χ3n) is 0. The summed E-state index contributed by atoms with van der Waals surface area (Å²) in [4.78, 5) is 9.00. The first kappa shape index (κ1) is 9.67. The normalized spacial score (nSPS) is 4.50. The Labute approximate surface area is 62.4 Å². The molecule has 0 aliphatic carbocycles. The number of nitrogens with two attached hydrogens (primary N) is 2. The molecule has 4 N–H and O–H groups in total. The molecule has 0 bridgehead atoms. The first-order chi connectivity index (χ1) is 2.73. The summed E-state index contributed by atoms with van der Waals surface area (Å²) in [5.41, 5.74) is 8.50. The Hall–Kier alpha value is 0.447. The standard InChI is InChI=1S/CH4N2O.Ce.O/c2-1(3)4;;/h(H4,2,3,4);;. The monoisotopic (exact) mass is 216 g/mol. The number of hydrogen-bond donors (Lipinski definition) is 2. The van der Waals surface area contributed by atoms with E-state index in [1.54, 1.807) is 0 Å². The Morgan fingerprint density at radius 3 is 1.33 bits per heavy atom. The third kappa shape index (κ3) is 265. The summed E-state index contributed by atoms with van der Waals surface area (Å²) in [5, 5.41) is 0. The number of primary amides is 2. The van der Waals surface area contributed by atoms with Gasteiger partial charge in [0.2, 0.25) is 0 Å². The summed E-state index contributed by atoms with van der Waals surface area (Å²) >= 11 is 0.0556. The van der Waals surface area contributed by atoms with Crippen molar-refractivity contribution in [3.8, 4) is 0 Å². The second kappa shape index (κ2) is 9.07. The van der Waals surface area contributed by atoms with Crippen molar-refractivity contribution >= 4 is 6.03 Å². The molecule has 0 saturated carbocycles. The van der Waals surface area contributed by atoms with E-state index >= 15 is 0 Å². The number of carbonyl (C=O) groups is 1. The van der Waals surface area contributed by atoms with E-state index in [0.29, 0.717) is 0 Å². The van der Waals surface area contributed by atoms with Gasteiger partial charge in [0.15, 0.2) is 0 Å². The fourth-order valence-corrected chi connectivity index (χ4v) is 0. The first-order valence-corrected chi connectivity index (χ1v) is 2.27. The molecule has 0 fully saturated rings. The van der Waals surface area contributed by atoms with E-state index in [4.69, 9.17) is 5.73 Å². The Balaban J connectivity index is 0. The van der Waals surface area contributed by atoms with Crippen molar-refractivity contribution in [3.63, 3.8) is 0 Å². The van der Waals surface area contributed by atoms with Crippen LogP contribution in [0.3, 0.4) is 0 Å². The Morgan fingerprint density at radius 1 is 1.33 bits per heavy atom. The fraction of sp³-hybridized carbons (Fsp3) is 0. The van der Waals surface area contributed by atoms with Crippen LogP contribution in [-0.4, -0.2) is 6.03 Å². The van der Waals surface area contributed by atoms with Crippen LogP contribution >= 0.6 is 0 Å². The molecule has 34 valence electrons. The zero-order chi connectivity index (χ0) is 5.58. The van der Waals surface area contributed by atoms with Crippen molar-refractivity contribution in [2.24, 2.45) is 11.5 Å². The molecule has 0 spiro atoms. The Bertz CT molecular complexity index is 42.8. The second-order valence-corrected chi connectivity index (χ2v) is 0.402. The van der Waals surface area contributed by atoms with Crippen LogP contribution in [0.25, 0.3) is 0 Å². The van der Waals surface area contributed by atoms with Crippen LogP contribution in [0.4, 0.5) is 4.79 Å². The fourth-order valence-electron chi connectivity index (χ4n) is 0. The topological polar surface area (TPSA) is 86.2 Å². The van der Waals surface area contributed by atoms with Crippen molar-refractivity contribution in [2.45, 2.75) is 0 Å². The van der Waals surface area contributed by atoms with E-state index in [1.807, 2.05) is 0 Å². The van der Waals surface area contributed by atoms with Gasteiger partial charge in [-0.3, -0.25) is 0 Å². The SMILES string of the molecule is NC(N)=O.[O]=[Ce]. The van der Waals surface area contributed by atoms with Crippen molar-refractivity contribution in [3.05, 3.63) is 0 Å².